The molecule has 0 saturated heterocycles. The van der Waals surface area contributed by atoms with Crippen LogP contribution in [0.5, 0.6) is 5.75 Å². The topological polar surface area (TPSA) is 29.5 Å². The Morgan fingerprint density at radius 1 is 1.29 bits per heavy atom. The highest BCUT2D eigenvalue weighted by Gasteiger charge is 2.18. The third-order valence-electron chi connectivity index (χ3n) is 3.00. The average molecular weight is 234 g/mol. The van der Waals surface area contributed by atoms with Gasteiger partial charge in [0.15, 0.2) is 0 Å². The number of allylic oxidation sites excluding steroid dienone is 1. The van der Waals surface area contributed by atoms with E-state index in [1.165, 1.54) is 5.56 Å². The van der Waals surface area contributed by atoms with Crippen molar-refractivity contribution in [3.8, 4) is 5.75 Å². The van der Waals surface area contributed by atoms with Gasteiger partial charge in [-0.1, -0.05) is 18.2 Å². The summed E-state index contributed by atoms with van der Waals surface area (Å²) in [7, 11) is 1.66. The van der Waals surface area contributed by atoms with Crippen LogP contribution in [-0.2, 0) is 6.42 Å². The van der Waals surface area contributed by atoms with Crippen molar-refractivity contribution >= 4 is 0 Å². The van der Waals surface area contributed by atoms with E-state index in [0.717, 1.165) is 31.4 Å². The highest BCUT2D eigenvalue weighted by atomic mass is 16.5. The van der Waals surface area contributed by atoms with Gasteiger partial charge < -0.3 is 9.84 Å². The van der Waals surface area contributed by atoms with Crippen molar-refractivity contribution in [1.29, 1.82) is 0 Å². The van der Waals surface area contributed by atoms with Crippen molar-refractivity contribution in [2.45, 2.75) is 38.2 Å². The van der Waals surface area contributed by atoms with Gasteiger partial charge in [-0.25, -0.2) is 0 Å². The third-order valence-corrected chi connectivity index (χ3v) is 3.00. The average Bonchev–Trinajstić information content (AvgIpc) is 2.35. The van der Waals surface area contributed by atoms with Gasteiger partial charge in [-0.3, -0.25) is 0 Å². The maximum Gasteiger partial charge on any atom is 0.118 e. The standard InChI is InChI=1S/C15H22O2/c1-4-5-11-15(2,16)12-10-13-6-8-14(17-3)9-7-13/h4,6-9,16H,1,5,10-12H2,2-3H3. The fourth-order valence-corrected chi connectivity index (χ4v) is 1.74. The number of ether oxygens (including phenoxy) is 1. The summed E-state index contributed by atoms with van der Waals surface area (Å²) in [5.41, 5.74) is 0.623. The van der Waals surface area contributed by atoms with Gasteiger partial charge in [-0.15, -0.1) is 6.58 Å². The van der Waals surface area contributed by atoms with Crippen LogP contribution in [0.2, 0.25) is 0 Å². The van der Waals surface area contributed by atoms with Crippen molar-refractivity contribution < 1.29 is 9.84 Å². The first-order valence-electron chi connectivity index (χ1n) is 6.03. The fourth-order valence-electron chi connectivity index (χ4n) is 1.74. The van der Waals surface area contributed by atoms with E-state index in [2.05, 4.69) is 6.58 Å². The van der Waals surface area contributed by atoms with E-state index in [-0.39, 0.29) is 0 Å². The monoisotopic (exact) mass is 234 g/mol. The first kappa shape index (κ1) is 13.8. The fraction of sp³-hybridized carbons (Fsp3) is 0.467. The Balaban J connectivity index is 2.45. The highest BCUT2D eigenvalue weighted by Crippen LogP contribution is 2.20. The second kappa shape index (κ2) is 6.45. The Morgan fingerprint density at radius 2 is 1.94 bits per heavy atom. The first-order valence-corrected chi connectivity index (χ1v) is 6.03. The van der Waals surface area contributed by atoms with Crippen LogP contribution in [0.25, 0.3) is 0 Å². The summed E-state index contributed by atoms with van der Waals surface area (Å²) in [5, 5.41) is 10.1. The summed E-state index contributed by atoms with van der Waals surface area (Å²) < 4.78 is 5.11. The van der Waals surface area contributed by atoms with E-state index in [0.29, 0.717) is 0 Å². The molecule has 0 bridgehead atoms. The number of methoxy groups -OCH3 is 1. The van der Waals surface area contributed by atoms with Crippen molar-refractivity contribution in [3.05, 3.63) is 42.5 Å². The van der Waals surface area contributed by atoms with E-state index in [4.69, 9.17) is 4.74 Å². The van der Waals surface area contributed by atoms with Crippen LogP contribution in [0.4, 0.5) is 0 Å². The lowest BCUT2D eigenvalue weighted by molar-refractivity contribution is 0.0433. The maximum atomic E-state index is 10.1. The molecule has 0 heterocycles. The summed E-state index contributed by atoms with van der Waals surface area (Å²) in [6.07, 6.45) is 5.13. The van der Waals surface area contributed by atoms with Crippen LogP contribution >= 0.6 is 0 Å². The molecule has 1 aromatic rings. The predicted molar refractivity (Wildman–Crippen MR) is 71.4 cm³/mol. The largest absolute Gasteiger partial charge is 0.497 e. The lowest BCUT2D eigenvalue weighted by atomic mass is 9.92. The van der Waals surface area contributed by atoms with Crippen LogP contribution in [0.1, 0.15) is 31.7 Å². The smallest absolute Gasteiger partial charge is 0.118 e. The SMILES string of the molecule is C=CCCC(C)(O)CCc1ccc(OC)cc1. The second-order valence-electron chi connectivity index (χ2n) is 4.67. The molecule has 0 radical (unpaired) electrons. The number of hydrogen-bond acceptors (Lipinski definition) is 2. The quantitative estimate of drug-likeness (QED) is 0.733. The Hall–Kier alpha value is -1.28. The molecule has 94 valence electrons. The minimum absolute atomic E-state index is 0.603. The molecule has 2 heteroatoms. The van der Waals surface area contributed by atoms with Gasteiger partial charge in [-0.2, -0.15) is 0 Å². The molecule has 0 fully saturated rings. The molecule has 0 aliphatic carbocycles. The van der Waals surface area contributed by atoms with Crippen LogP contribution in [0, 0.1) is 0 Å². The van der Waals surface area contributed by atoms with Crippen LogP contribution < -0.4 is 4.74 Å². The molecule has 17 heavy (non-hydrogen) atoms. The molecule has 1 N–H and O–H groups in total. The van der Waals surface area contributed by atoms with Gasteiger partial charge in [-0.05, 0) is 50.3 Å². The molecule has 1 aromatic carbocycles. The Labute approximate surface area is 104 Å². The number of hydrogen-bond donors (Lipinski definition) is 1. The summed E-state index contributed by atoms with van der Waals surface area (Å²) in [6.45, 7) is 5.57. The van der Waals surface area contributed by atoms with Crippen LogP contribution in [0.3, 0.4) is 0 Å². The molecule has 1 atom stereocenters. The van der Waals surface area contributed by atoms with Crippen molar-refractivity contribution in [1.82, 2.24) is 0 Å². The zero-order chi connectivity index (χ0) is 12.7. The number of benzene rings is 1. The summed E-state index contributed by atoms with van der Waals surface area (Å²) >= 11 is 0. The Morgan fingerprint density at radius 3 is 2.47 bits per heavy atom. The number of rotatable bonds is 7. The van der Waals surface area contributed by atoms with E-state index >= 15 is 0 Å². The zero-order valence-corrected chi connectivity index (χ0v) is 10.8. The molecule has 1 unspecified atom stereocenters. The van der Waals surface area contributed by atoms with Gasteiger partial charge in [0, 0.05) is 0 Å². The van der Waals surface area contributed by atoms with Crippen molar-refractivity contribution in [2.75, 3.05) is 7.11 Å². The van der Waals surface area contributed by atoms with Gasteiger partial charge >= 0.3 is 0 Å². The van der Waals surface area contributed by atoms with Gasteiger partial charge in [0.25, 0.3) is 0 Å². The molecular weight excluding hydrogens is 212 g/mol. The zero-order valence-electron chi connectivity index (χ0n) is 10.8. The molecule has 0 spiro atoms. The van der Waals surface area contributed by atoms with E-state index < -0.39 is 5.60 Å². The molecule has 2 nitrogen and oxygen atoms in total. The van der Waals surface area contributed by atoms with Crippen LogP contribution in [-0.4, -0.2) is 17.8 Å². The van der Waals surface area contributed by atoms with E-state index in [1.807, 2.05) is 37.3 Å². The molecule has 0 saturated carbocycles. The van der Waals surface area contributed by atoms with E-state index in [9.17, 15) is 5.11 Å². The van der Waals surface area contributed by atoms with Gasteiger partial charge in [0.1, 0.15) is 5.75 Å². The minimum atomic E-state index is -0.603. The molecule has 1 rings (SSSR count). The van der Waals surface area contributed by atoms with Crippen molar-refractivity contribution in [3.63, 3.8) is 0 Å². The summed E-state index contributed by atoms with van der Waals surface area (Å²) in [6, 6.07) is 7.99. The van der Waals surface area contributed by atoms with Crippen LogP contribution in [0.15, 0.2) is 36.9 Å². The molecule has 0 aliphatic heterocycles. The lowest BCUT2D eigenvalue weighted by Crippen LogP contribution is -2.24. The third kappa shape index (κ3) is 5.05. The Kier molecular flexibility index (Phi) is 5.23. The highest BCUT2D eigenvalue weighted by molar-refractivity contribution is 5.27. The minimum Gasteiger partial charge on any atom is -0.497 e. The normalized spacial score (nSPS) is 14.1. The first-order chi connectivity index (χ1) is 8.07. The molecule has 0 aromatic heterocycles. The number of aliphatic hydroxyl groups is 1. The lowest BCUT2D eigenvalue weighted by Gasteiger charge is -2.22. The summed E-state index contributed by atoms with van der Waals surface area (Å²) in [5.74, 6) is 0.868. The van der Waals surface area contributed by atoms with Gasteiger partial charge in [0.05, 0.1) is 12.7 Å². The predicted octanol–water partition coefficient (Wildman–Crippen LogP) is 3.35. The number of aryl methyl sites for hydroxylation is 1. The van der Waals surface area contributed by atoms with E-state index in [1.54, 1.807) is 7.11 Å². The van der Waals surface area contributed by atoms with Gasteiger partial charge in [0.2, 0.25) is 0 Å². The Bertz CT molecular complexity index is 338. The maximum absolute atomic E-state index is 10.1. The second-order valence-corrected chi connectivity index (χ2v) is 4.67. The molecular formula is C15H22O2. The molecule has 0 aliphatic rings. The summed E-state index contributed by atoms with van der Waals surface area (Å²) in [4.78, 5) is 0. The van der Waals surface area contributed by atoms with Crippen molar-refractivity contribution in [2.24, 2.45) is 0 Å². The molecule has 0 amide bonds.